The van der Waals surface area contributed by atoms with Gasteiger partial charge in [-0.2, -0.15) is 0 Å². The topological polar surface area (TPSA) is 113 Å². The third kappa shape index (κ3) is 11.9. The lowest BCUT2D eigenvalue weighted by Crippen LogP contribution is -2.33. The van der Waals surface area contributed by atoms with Gasteiger partial charge in [0, 0.05) is 0 Å². The van der Waals surface area contributed by atoms with E-state index in [0.717, 1.165) is 30.3 Å². The monoisotopic (exact) mass is 482 g/mol. The second-order valence-corrected chi connectivity index (χ2v) is 10.4. The number of hydrogen-bond acceptors (Lipinski definition) is 7. The summed E-state index contributed by atoms with van der Waals surface area (Å²) in [6, 6.07) is 0. The van der Waals surface area contributed by atoms with Gasteiger partial charge in [0.25, 0.3) is 0 Å². The van der Waals surface area contributed by atoms with Gasteiger partial charge in [-0.25, -0.2) is 4.79 Å². The highest BCUT2D eigenvalue weighted by Gasteiger charge is 2.39. The highest BCUT2D eigenvalue weighted by molar-refractivity contribution is 5.89. The minimum Gasteiger partial charge on any atom is -0.505 e. The average Bonchev–Trinajstić information content (AvgIpc) is 3.03. The van der Waals surface area contributed by atoms with Crippen molar-refractivity contribution in [2.24, 2.45) is 17.8 Å². The van der Waals surface area contributed by atoms with Crippen molar-refractivity contribution < 1.29 is 34.4 Å². The van der Waals surface area contributed by atoms with Crippen molar-refractivity contribution in [3.63, 3.8) is 0 Å². The van der Waals surface area contributed by atoms with Gasteiger partial charge in [-0.3, -0.25) is 4.79 Å². The van der Waals surface area contributed by atoms with E-state index < -0.39 is 42.3 Å². The van der Waals surface area contributed by atoms with Crippen molar-refractivity contribution in [1.82, 2.24) is 0 Å². The molecular weight excluding hydrogens is 436 g/mol. The van der Waals surface area contributed by atoms with E-state index in [1.807, 2.05) is 13.0 Å². The molecule has 0 fully saturated rings. The van der Waals surface area contributed by atoms with Crippen LogP contribution in [0.5, 0.6) is 0 Å². The molecule has 4 atom stereocenters. The second kappa shape index (κ2) is 15.8. The number of rotatable bonds is 17. The molecular formula is C27H46O7. The Bertz CT molecular complexity index is 695. The van der Waals surface area contributed by atoms with Gasteiger partial charge >= 0.3 is 11.9 Å². The SMILES string of the molecule is CC(=CCC(=O)OCC(O)C1OC(=O)C(O)=C1O)CCCC(C)CCCC(C)CCCC(C)C. The van der Waals surface area contributed by atoms with E-state index in [-0.39, 0.29) is 6.42 Å². The molecule has 0 saturated heterocycles. The fourth-order valence-electron chi connectivity index (χ4n) is 4.12. The highest BCUT2D eigenvalue weighted by atomic mass is 16.6. The Morgan fingerprint density at radius 2 is 1.56 bits per heavy atom. The quantitative estimate of drug-likeness (QED) is 0.174. The molecule has 0 aromatic heterocycles. The summed E-state index contributed by atoms with van der Waals surface area (Å²) in [7, 11) is 0. The number of hydrogen-bond donors (Lipinski definition) is 3. The van der Waals surface area contributed by atoms with Gasteiger partial charge < -0.3 is 24.8 Å². The first-order valence-electron chi connectivity index (χ1n) is 12.8. The molecule has 1 rings (SSSR count). The van der Waals surface area contributed by atoms with Crippen LogP contribution in [0.2, 0.25) is 0 Å². The Balaban J connectivity index is 2.15. The van der Waals surface area contributed by atoms with Gasteiger partial charge in [-0.1, -0.05) is 84.3 Å². The van der Waals surface area contributed by atoms with Crippen molar-refractivity contribution in [3.05, 3.63) is 23.2 Å². The van der Waals surface area contributed by atoms with E-state index in [1.54, 1.807) is 0 Å². The molecule has 0 spiro atoms. The molecule has 0 bridgehead atoms. The van der Waals surface area contributed by atoms with Crippen molar-refractivity contribution in [3.8, 4) is 0 Å². The van der Waals surface area contributed by atoms with Gasteiger partial charge in [-0.15, -0.1) is 0 Å². The van der Waals surface area contributed by atoms with E-state index in [2.05, 4.69) is 32.4 Å². The molecule has 0 aliphatic carbocycles. The van der Waals surface area contributed by atoms with Crippen molar-refractivity contribution >= 4 is 11.9 Å². The van der Waals surface area contributed by atoms with Crippen LogP contribution in [0.15, 0.2) is 23.2 Å². The lowest BCUT2D eigenvalue weighted by Gasteiger charge is -2.17. The number of carbonyl (C=O) groups excluding carboxylic acids is 2. The predicted molar refractivity (Wildman–Crippen MR) is 132 cm³/mol. The van der Waals surface area contributed by atoms with Crippen LogP contribution in [0.25, 0.3) is 0 Å². The Morgan fingerprint density at radius 1 is 1.00 bits per heavy atom. The zero-order valence-corrected chi connectivity index (χ0v) is 21.7. The summed E-state index contributed by atoms with van der Waals surface area (Å²) in [5.74, 6) is -1.00. The van der Waals surface area contributed by atoms with E-state index >= 15 is 0 Å². The molecule has 0 saturated carbocycles. The third-order valence-electron chi connectivity index (χ3n) is 6.46. The summed E-state index contributed by atoms with van der Waals surface area (Å²) >= 11 is 0. The largest absolute Gasteiger partial charge is 0.505 e. The molecule has 7 heteroatoms. The zero-order valence-electron chi connectivity index (χ0n) is 21.7. The minimum atomic E-state index is -1.45. The van der Waals surface area contributed by atoms with E-state index in [0.29, 0.717) is 5.92 Å². The van der Waals surface area contributed by atoms with E-state index in [9.17, 15) is 24.9 Å². The Morgan fingerprint density at radius 3 is 2.09 bits per heavy atom. The van der Waals surface area contributed by atoms with Crippen LogP contribution < -0.4 is 0 Å². The standard InChI is InChI=1S/C27H46O7/c1-18(2)9-6-10-19(3)11-7-12-20(4)13-8-14-21(5)15-16-23(29)33-17-22(28)26-24(30)25(31)27(32)34-26/h15,18-20,22,26,28,30-31H,6-14,16-17H2,1-5H3. The molecule has 0 amide bonds. The smallest absolute Gasteiger partial charge is 0.377 e. The van der Waals surface area contributed by atoms with Crippen molar-refractivity contribution in [1.29, 1.82) is 0 Å². The Labute approximate surface area is 205 Å². The number of carbonyl (C=O) groups is 2. The molecule has 1 heterocycles. The first-order chi connectivity index (χ1) is 16.0. The van der Waals surface area contributed by atoms with Crippen LogP contribution in [-0.4, -0.2) is 46.1 Å². The second-order valence-electron chi connectivity index (χ2n) is 10.4. The van der Waals surface area contributed by atoms with Crippen LogP contribution >= 0.6 is 0 Å². The molecule has 34 heavy (non-hydrogen) atoms. The molecule has 0 aromatic rings. The minimum absolute atomic E-state index is 0.0837. The summed E-state index contributed by atoms with van der Waals surface area (Å²) in [4.78, 5) is 23.1. The number of cyclic esters (lactones) is 1. The van der Waals surface area contributed by atoms with Crippen LogP contribution in [0.4, 0.5) is 0 Å². The first kappa shape index (κ1) is 30.0. The van der Waals surface area contributed by atoms with Crippen molar-refractivity contribution in [2.45, 2.75) is 111 Å². The molecule has 0 radical (unpaired) electrons. The summed E-state index contributed by atoms with van der Waals surface area (Å²) < 4.78 is 9.62. The summed E-state index contributed by atoms with van der Waals surface area (Å²) in [6.07, 6.45) is 10.1. The molecule has 7 nitrogen and oxygen atoms in total. The predicted octanol–water partition coefficient (Wildman–Crippen LogP) is 5.92. The Hall–Kier alpha value is -2.02. The lowest BCUT2D eigenvalue weighted by molar-refractivity contribution is -0.154. The van der Waals surface area contributed by atoms with E-state index in [4.69, 9.17) is 4.74 Å². The lowest BCUT2D eigenvalue weighted by atomic mass is 9.91. The van der Waals surface area contributed by atoms with Crippen molar-refractivity contribution in [2.75, 3.05) is 6.61 Å². The number of allylic oxidation sites excluding steroid dienone is 1. The maximum Gasteiger partial charge on any atom is 0.377 e. The number of ether oxygens (including phenoxy) is 2. The molecule has 4 unspecified atom stereocenters. The van der Waals surface area contributed by atoms with Gasteiger partial charge in [0.15, 0.2) is 11.9 Å². The van der Waals surface area contributed by atoms with Gasteiger partial charge in [0.2, 0.25) is 5.76 Å². The number of aliphatic hydroxyl groups excluding tert-OH is 3. The summed E-state index contributed by atoms with van der Waals surface area (Å²) in [6.45, 7) is 10.8. The highest BCUT2D eigenvalue weighted by Crippen LogP contribution is 2.23. The molecule has 1 aliphatic heterocycles. The van der Waals surface area contributed by atoms with Crippen LogP contribution in [0.1, 0.15) is 98.8 Å². The fourth-order valence-corrected chi connectivity index (χ4v) is 4.12. The number of aliphatic hydroxyl groups is 3. The summed E-state index contributed by atoms with van der Waals surface area (Å²) in [5, 5.41) is 28.7. The van der Waals surface area contributed by atoms with Gasteiger partial charge in [0.1, 0.15) is 12.7 Å². The fraction of sp³-hybridized carbons (Fsp3) is 0.778. The number of esters is 2. The molecule has 0 aromatic carbocycles. The average molecular weight is 483 g/mol. The van der Waals surface area contributed by atoms with Crippen LogP contribution in [0, 0.1) is 17.8 Å². The zero-order chi connectivity index (χ0) is 25.7. The van der Waals surface area contributed by atoms with E-state index in [1.165, 1.54) is 44.9 Å². The first-order valence-corrected chi connectivity index (χ1v) is 12.8. The molecule has 3 N–H and O–H groups in total. The van der Waals surface area contributed by atoms with Gasteiger partial charge in [0.05, 0.1) is 6.42 Å². The van der Waals surface area contributed by atoms with Crippen LogP contribution in [0.3, 0.4) is 0 Å². The maximum atomic E-state index is 11.9. The third-order valence-corrected chi connectivity index (χ3v) is 6.46. The Kier molecular flexibility index (Phi) is 13.9. The molecule has 196 valence electrons. The van der Waals surface area contributed by atoms with Crippen LogP contribution in [-0.2, 0) is 19.1 Å². The maximum absolute atomic E-state index is 11.9. The van der Waals surface area contributed by atoms with Gasteiger partial charge in [-0.05, 0) is 37.5 Å². The molecule has 1 aliphatic rings. The summed E-state index contributed by atoms with van der Waals surface area (Å²) in [5.41, 5.74) is 1.12. The normalized spacial score (nSPS) is 19.3.